The van der Waals surface area contributed by atoms with E-state index in [1.165, 1.54) is 0 Å². The molecule has 5 nitrogen and oxygen atoms in total. The summed E-state index contributed by atoms with van der Waals surface area (Å²) in [5.74, 6) is 0.825. The van der Waals surface area contributed by atoms with Gasteiger partial charge in [-0.15, -0.1) is 0 Å². The van der Waals surface area contributed by atoms with E-state index in [0.717, 1.165) is 16.9 Å². The molecule has 0 fully saturated rings. The molecule has 2 N–H and O–H groups in total. The van der Waals surface area contributed by atoms with Crippen LogP contribution in [-0.4, -0.2) is 28.0 Å². The first-order valence-electron chi connectivity index (χ1n) is 7.26. The molecule has 2 aromatic rings. The molecule has 22 heavy (non-hydrogen) atoms. The molecule has 0 bridgehead atoms. The normalized spacial score (nSPS) is 13.6. The second-order valence-electron chi connectivity index (χ2n) is 5.52. The van der Waals surface area contributed by atoms with Crippen molar-refractivity contribution < 1.29 is 9.84 Å². The highest BCUT2D eigenvalue weighted by molar-refractivity contribution is 5.27. The smallest absolute Gasteiger partial charge is 0.119 e. The Morgan fingerprint density at radius 3 is 2.73 bits per heavy atom. The van der Waals surface area contributed by atoms with Crippen LogP contribution in [0, 0.1) is 0 Å². The van der Waals surface area contributed by atoms with Gasteiger partial charge in [0, 0.05) is 31.9 Å². The standard InChI is InChI=1S/C17H23N3O2/c1-4-9-22-16-7-5-14(6-8-16)10-18-13-17(2,21)15-11-19-20(3)12-15/h4-8,11-12,18,21H,1,9-10,13H2,2-3H3. The Morgan fingerprint density at radius 2 is 2.14 bits per heavy atom. The molecule has 1 aromatic carbocycles. The van der Waals surface area contributed by atoms with Crippen LogP contribution in [0.5, 0.6) is 5.75 Å². The van der Waals surface area contributed by atoms with Gasteiger partial charge in [0.15, 0.2) is 0 Å². The van der Waals surface area contributed by atoms with E-state index < -0.39 is 5.60 Å². The van der Waals surface area contributed by atoms with E-state index in [4.69, 9.17) is 4.74 Å². The van der Waals surface area contributed by atoms with Gasteiger partial charge in [-0.3, -0.25) is 4.68 Å². The van der Waals surface area contributed by atoms with E-state index in [-0.39, 0.29) is 0 Å². The third-order valence-corrected chi connectivity index (χ3v) is 3.42. The maximum atomic E-state index is 10.5. The maximum Gasteiger partial charge on any atom is 0.119 e. The second kappa shape index (κ2) is 7.24. The van der Waals surface area contributed by atoms with Crippen LogP contribution in [-0.2, 0) is 19.2 Å². The van der Waals surface area contributed by atoms with E-state index in [1.54, 1.807) is 23.9 Å². The van der Waals surface area contributed by atoms with Gasteiger partial charge in [0.2, 0.25) is 0 Å². The summed E-state index contributed by atoms with van der Waals surface area (Å²) in [7, 11) is 1.84. The van der Waals surface area contributed by atoms with Crippen LogP contribution in [0.4, 0.5) is 0 Å². The Hall–Kier alpha value is -2.11. The predicted octanol–water partition coefficient (Wildman–Crippen LogP) is 1.98. The fraction of sp³-hybridized carbons (Fsp3) is 0.353. The monoisotopic (exact) mass is 301 g/mol. The number of rotatable bonds is 8. The van der Waals surface area contributed by atoms with Crippen molar-refractivity contribution in [3.63, 3.8) is 0 Å². The first-order chi connectivity index (χ1) is 10.5. The van der Waals surface area contributed by atoms with Crippen molar-refractivity contribution in [1.29, 1.82) is 0 Å². The summed E-state index contributed by atoms with van der Waals surface area (Å²) >= 11 is 0. The number of hydrogen-bond donors (Lipinski definition) is 2. The summed E-state index contributed by atoms with van der Waals surface area (Å²) < 4.78 is 7.13. The largest absolute Gasteiger partial charge is 0.490 e. The minimum absolute atomic E-state index is 0.452. The fourth-order valence-electron chi connectivity index (χ4n) is 2.11. The van der Waals surface area contributed by atoms with Crippen molar-refractivity contribution >= 4 is 0 Å². The number of aryl methyl sites for hydroxylation is 1. The molecule has 1 aromatic heterocycles. The zero-order valence-corrected chi connectivity index (χ0v) is 13.1. The molecule has 118 valence electrons. The molecule has 1 atom stereocenters. The zero-order valence-electron chi connectivity index (χ0n) is 13.1. The van der Waals surface area contributed by atoms with Crippen LogP contribution in [0.3, 0.4) is 0 Å². The Morgan fingerprint density at radius 1 is 1.41 bits per heavy atom. The second-order valence-corrected chi connectivity index (χ2v) is 5.52. The van der Waals surface area contributed by atoms with Crippen molar-refractivity contribution in [1.82, 2.24) is 15.1 Å². The third kappa shape index (κ3) is 4.44. The highest BCUT2D eigenvalue weighted by Crippen LogP contribution is 2.19. The van der Waals surface area contributed by atoms with Crippen LogP contribution >= 0.6 is 0 Å². The predicted molar refractivity (Wildman–Crippen MR) is 86.6 cm³/mol. The minimum atomic E-state index is -0.943. The van der Waals surface area contributed by atoms with Crippen molar-refractivity contribution in [2.24, 2.45) is 7.05 Å². The fourth-order valence-corrected chi connectivity index (χ4v) is 2.11. The molecule has 5 heteroatoms. The number of nitrogens with one attached hydrogen (secondary N) is 1. The summed E-state index contributed by atoms with van der Waals surface area (Å²) in [6.07, 6.45) is 5.23. The average molecular weight is 301 g/mol. The van der Waals surface area contributed by atoms with Gasteiger partial charge in [-0.1, -0.05) is 24.8 Å². The first kappa shape index (κ1) is 16.3. The highest BCUT2D eigenvalue weighted by Gasteiger charge is 2.23. The molecule has 0 saturated carbocycles. The summed E-state index contributed by atoms with van der Waals surface area (Å²) in [4.78, 5) is 0. The van der Waals surface area contributed by atoms with Crippen molar-refractivity contribution in [3.05, 3.63) is 60.4 Å². The van der Waals surface area contributed by atoms with Crippen LogP contribution in [0.25, 0.3) is 0 Å². The van der Waals surface area contributed by atoms with Crippen LogP contribution in [0.2, 0.25) is 0 Å². The molecule has 2 rings (SSSR count). The van der Waals surface area contributed by atoms with Gasteiger partial charge in [-0.25, -0.2) is 0 Å². The molecule has 0 aliphatic carbocycles. The molecule has 0 saturated heterocycles. The number of hydrogen-bond acceptors (Lipinski definition) is 4. The molecular formula is C17H23N3O2. The lowest BCUT2D eigenvalue weighted by Gasteiger charge is -2.22. The van der Waals surface area contributed by atoms with Gasteiger partial charge in [-0.05, 0) is 24.6 Å². The van der Waals surface area contributed by atoms with Crippen LogP contribution < -0.4 is 10.1 Å². The number of nitrogens with zero attached hydrogens (tertiary/aromatic N) is 2. The number of aliphatic hydroxyl groups is 1. The number of aromatic nitrogens is 2. The average Bonchev–Trinajstić information content (AvgIpc) is 2.94. The molecule has 0 spiro atoms. The minimum Gasteiger partial charge on any atom is -0.490 e. The maximum absolute atomic E-state index is 10.5. The lowest BCUT2D eigenvalue weighted by atomic mass is 9.99. The third-order valence-electron chi connectivity index (χ3n) is 3.42. The van der Waals surface area contributed by atoms with Crippen molar-refractivity contribution in [3.8, 4) is 5.75 Å². The van der Waals surface area contributed by atoms with E-state index in [9.17, 15) is 5.11 Å². The van der Waals surface area contributed by atoms with Gasteiger partial charge >= 0.3 is 0 Å². The van der Waals surface area contributed by atoms with Crippen molar-refractivity contribution in [2.75, 3.05) is 13.2 Å². The first-order valence-corrected chi connectivity index (χ1v) is 7.26. The topological polar surface area (TPSA) is 59.3 Å². The Bertz CT molecular complexity index is 603. The van der Waals surface area contributed by atoms with Crippen LogP contribution in [0.1, 0.15) is 18.1 Å². The Kier molecular flexibility index (Phi) is 5.35. The summed E-state index contributed by atoms with van der Waals surface area (Å²) in [6.45, 7) is 7.04. The Balaban J connectivity index is 1.84. The molecular weight excluding hydrogens is 278 g/mol. The van der Waals surface area contributed by atoms with Gasteiger partial charge in [0.25, 0.3) is 0 Å². The lowest BCUT2D eigenvalue weighted by molar-refractivity contribution is 0.0566. The Labute approximate surface area is 131 Å². The van der Waals surface area contributed by atoms with Gasteiger partial charge in [0.05, 0.1) is 6.20 Å². The number of ether oxygens (including phenoxy) is 1. The van der Waals surface area contributed by atoms with E-state index in [0.29, 0.717) is 19.7 Å². The molecule has 0 amide bonds. The van der Waals surface area contributed by atoms with E-state index >= 15 is 0 Å². The van der Waals surface area contributed by atoms with Crippen molar-refractivity contribution in [2.45, 2.75) is 19.1 Å². The van der Waals surface area contributed by atoms with Gasteiger partial charge in [-0.2, -0.15) is 5.10 Å². The van der Waals surface area contributed by atoms with E-state index in [1.807, 2.05) is 37.5 Å². The summed E-state index contributed by atoms with van der Waals surface area (Å²) in [5.41, 5.74) is 0.991. The molecule has 0 aliphatic heterocycles. The molecule has 0 aliphatic rings. The van der Waals surface area contributed by atoms with Crippen LogP contribution in [0.15, 0.2) is 49.3 Å². The SMILES string of the molecule is C=CCOc1ccc(CNCC(C)(O)c2cnn(C)c2)cc1. The summed E-state index contributed by atoms with van der Waals surface area (Å²) in [6, 6.07) is 7.87. The quantitative estimate of drug-likeness (QED) is 0.732. The molecule has 1 heterocycles. The summed E-state index contributed by atoms with van der Waals surface area (Å²) in [5, 5.41) is 17.8. The molecule has 0 radical (unpaired) electrons. The molecule has 1 unspecified atom stereocenters. The number of benzene rings is 1. The van der Waals surface area contributed by atoms with Gasteiger partial charge < -0.3 is 15.2 Å². The van der Waals surface area contributed by atoms with E-state index in [2.05, 4.69) is 17.0 Å². The highest BCUT2D eigenvalue weighted by atomic mass is 16.5. The zero-order chi connectivity index (χ0) is 16.0. The lowest BCUT2D eigenvalue weighted by Crippen LogP contribution is -2.34. The van der Waals surface area contributed by atoms with Gasteiger partial charge in [0.1, 0.15) is 18.0 Å².